The van der Waals surface area contributed by atoms with Crippen molar-refractivity contribution in [1.29, 1.82) is 0 Å². The Hall–Kier alpha value is -7.44. The van der Waals surface area contributed by atoms with Crippen LogP contribution in [0, 0.1) is 0 Å². The summed E-state index contributed by atoms with van der Waals surface area (Å²) in [4.78, 5) is 6.49. The third-order valence-electron chi connectivity index (χ3n) is 9.61. The van der Waals surface area contributed by atoms with Gasteiger partial charge >= 0.3 is 5.90 Å². The van der Waals surface area contributed by atoms with Gasteiger partial charge in [0.2, 0.25) is 11.7 Å². The SMILES string of the molecule is COC(=[NH2+])Cc1ccc(O)c(-c2cc(CC(=[NH2+])CO)ccc2O)c1.NC(Cc1ccc(O)c(-c2cc(CC(N)=[NH+]Cc3ccccc3)ccc2O)c1)=[NH+]Cc1ccccc1. The number of nitrogens with one attached hydrogen (secondary N) is 2. The normalized spacial score (nSPS) is 11.4. The van der Waals surface area contributed by atoms with Crippen molar-refractivity contribution in [1.82, 2.24) is 0 Å². The number of hydrogen-bond donors (Lipinski definition) is 11. The lowest BCUT2D eigenvalue weighted by Crippen LogP contribution is -2.74. The first-order valence-electron chi connectivity index (χ1n) is 19.3. The average Bonchev–Trinajstić information content (AvgIpc) is 3.26. The second-order valence-electron chi connectivity index (χ2n) is 14.3. The summed E-state index contributed by atoms with van der Waals surface area (Å²) in [5.74, 6) is 1.86. The Bertz CT molecular complexity index is 2300. The largest absolute Gasteiger partial charge is 0.507 e. The van der Waals surface area contributed by atoms with Crippen molar-refractivity contribution in [3.8, 4) is 45.3 Å². The van der Waals surface area contributed by atoms with Gasteiger partial charge in [-0.15, -0.1) is 0 Å². The van der Waals surface area contributed by atoms with E-state index in [9.17, 15) is 20.4 Å². The smallest absolute Gasteiger partial charge is 0.337 e. The maximum absolute atomic E-state index is 10.6. The number of ether oxygens (including phenoxy) is 1. The predicted molar refractivity (Wildman–Crippen MR) is 234 cm³/mol. The molecule has 0 aliphatic rings. The molecule has 6 rings (SSSR count). The van der Waals surface area contributed by atoms with Gasteiger partial charge in [0.1, 0.15) is 42.7 Å². The summed E-state index contributed by atoms with van der Waals surface area (Å²) in [5.41, 5.74) is 20.7. The number of nitrogens with two attached hydrogens (primary N) is 4. The molecule has 0 spiro atoms. The molecule has 6 aromatic rings. The zero-order chi connectivity index (χ0) is 43.0. The summed E-state index contributed by atoms with van der Waals surface area (Å²) in [6, 6.07) is 40.7. The van der Waals surface area contributed by atoms with Gasteiger partial charge in [0.05, 0.1) is 32.8 Å². The van der Waals surface area contributed by atoms with E-state index in [0.717, 1.165) is 33.4 Å². The fourth-order valence-electron chi connectivity index (χ4n) is 6.41. The summed E-state index contributed by atoms with van der Waals surface area (Å²) in [7, 11) is 1.49. The molecule has 0 aliphatic carbocycles. The van der Waals surface area contributed by atoms with Crippen LogP contribution in [0.15, 0.2) is 133 Å². The van der Waals surface area contributed by atoms with E-state index in [1.165, 1.54) is 13.2 Å². The third kappa shape index (κ3) is 12.8. The highest BCUT2D eigenvalue weighted by molar-refractivity contribution is 5.84. The molecule has 0 aliphatic heterocycles. The molecule has 15 N–H and O–H groups in total. The van der Waals surface area contributed by atoms with Gasteiger partial charge in [0.15, 0.2) is 5.71 Å². The lowest BCUT2D eigenvalue weighted by molar-refractivity contribution is -0.477. The van der Waals surface area contributed by atoms with Crippen LogP contribution in [0.3, 0.4) is 0 Å². The number of benzene rings is 6. The van der Waals surface area contributed by atoms with Crippen molar-refractivity contribution in [3.63, 3.8) is 0 Å². The predicted octanol–water partition coefficient (Wildman–Crippen LogP) is -0.0280. The minimum atomic E-state index is -0.205. The van der Waals surface area contributed by atoms with Crippen LogP contribution in [-0.2, 0) is 43.5 Å². The van der Waals surface area contributed by atoms with E-state index >= 15 is 0 Å². The van der Waals surface area contributed by atoms with Crippen LogP contribution in [0.2, 0.25) is 0 Å². The van der Waals surface area contributed by atoms with Gasteiger partial charge in [-0.25, -0.2) is 5.41 Å². The van der Waals surface area contributed by atoms with Crippen LogP contribution in [0.5, 0.6) is 23.0 Å². The second-order valence-corrected chi connectivity index (χ2v) is 14.3. The molecular formula is C48H54N6O6+4. The molecule has 0 aromatic heterocycles. The maximum Gasteiger partial charge on any atom is 0.337 e. The molecule has 0 saturated heterocycles. The highest BCUT2D eigenvalue weighted by atomic mass is 16.5. The minimum Gasteiger partial charge on any atom is -0.507 e. The number of hydrogen-bond acceptors (Lipinski definition) is 6. The molecule has 12 nitrogen and oxygen atoms in total. The molecule has 0 radical (unpaired) electrons. The highest BCUT2D eigenvalue weighted by Crippen LogP contribution is 2.38. The van der Waals surface area contributed by atoms with Gasteiger partial charge in [-0.05, 0) is 81.9 Å². The number of aliphatic hydroxyl groups excluding tert-OH is 1. The van der Waals surface area contributed by atoms with E-state index in [2.05, 4.69) is 9.98 Å². The summed E-state index contributed by atoms with van der Waals surface area (Å²) in [6.07, 6.45) is 1.76. The van der Waals surface area contributed by atoms with Gasteiger partial charge in [-0.2, -0.15) is 0 Å². The molecule has 6 aromatic carbocycles. The summed E-state index contributed by atoms with van der Waals surface area (Å²) in [6.45, 7) is 1.07. The van der Waals surface area contributed by atoms with Crippen molar-refractivity contribution in [2.75, 3.05) is 13.7 Å². The molecule has 0 heterocycles. The van der Waals surface area contributed by atoms with Gasteiger partial charge in [-0.3, -0.25) is 26.9 Å². The molecule has 0 saturated carbocycles. The molecule has 0 bridgehead atoms. The molecule has 0 atom stereocenters. The van der Waals surface area contributed by atoms with E-state index < -0.39 is 0 Å². The van der Waals surface area contributed by atoms with E-state index in [1.807, 2.05) is 84.9 Å². The zero-order valence-electron chi connectivity index (χ0n) is 33.6. The van der Waals surface area contributed by atoms with Crippen molar-refractivity contribution in [2.45, 2.75) is 38.8 Å². The highest BCUT2D eigenvalue weighted by Gasteiger charge is 2.16. The van der Waals surface area contributed by atoms with E-state index in [-0.39, 0.29) is 29.6 Å². The number of rotatable bonds is 15. The number of amidine groups is 2. The quantitative estimate of drug-likeness (QED) is 0.0496. The Labute approximate surface area is 349 Å². The Kier molecular flexibility index (Phi) is 15.5. The van der Waals surface area contributed by atoms with Crippen molar-refractivity contribution < 1.29 is 51.1 Å². The lowest BCUT2D eigenvalue weighted by Gasteiger charge is -2.11. The van der Waals surface area contributed by atoms with Crippen LogP contribution in [0.1, 0.15) is 33.4 Å². The van der Waals surface area contributed by atoms with E-state index in [0.29, 0.717) is 84.3 Å². The van der Waals surface area contributed by atoms with Gasteiger partial charge in [0.25, 0.3) is 0 Å². The van der Waals surface area contributed by atoms with Crippen molar-refractivity contribution >= 4 is 23.3 Å². The van der Waals surface area contributed by atoms with Crippen molar-refractivity contribution in [3.05, 3.63) is 167 Å². The minimum absolute atomic E-state index is 0.0393. The summed E-state index contributed by atoms with van der Waals surface area (Å²) < 4.78 is 4.97. The molecule has 0 amide bonds. The van der Waals surface area contributed by atoms with E-state index in [4.69, 9.17) is 32.1 Å². The molecule has 308 valence electrons. The Morgan fingerprint density at radius 1 is 0.483 bits per heavy atom. The number of aromatic hydroxyl groups is 4. The molecule has 12 heteroatoms. The zero-order valence-corrected chi connectivity index (χ0v) is 33.6. The lowest BCUT2D eigenvalue weighted by atomic mass is 9.96. The van der Waals surface area contributed by atoms with Gasteiger partial charge in [-0.1, -0.05) is 84.9 Å². The Balaban J connectivity index is 0.000000247. The molecular weight excluding hydrogens is 757 g/mol. The Morgan fingerprint density at radius 3 is 1.15 bits per heavy atom. The third-order valence-corrected chi connectivity index (χ3v) is 9.61. The molecule has 0 fully saturated rings. The van der Waals surface area contributed by atoms with Crippen LogP contribution in [0.25, 0.3) is 22.3 Å². The van der Waals surface area contributed by atoms with Crippen LogP contribution in [0.4, 0.5) is 0 Å². The number of phenols is 4. The maximum atomic E-state index is 10.6. The second kappa shape index (κ2) is 21.4. The number of phenolic OH excluding ortho intramolecular Hbond substituents is 4. The molecule has 60 heavy (non-hydrogen) atoms. The first-order chi connectivity index (χ1) is 28.9. The van der Waals surface area contributed by atoms with Crippen LogP contribution >= 0.6 is 0 Å². The monoisotopic (exact) mass is 810 g/mol. The topological polar surface area (TPSA) is 242 Å². The molecule has 0 unspecified atom stereocenters. The van der Waals surface area contributed by atoms with Gasteiger partial charge < -0.3 is 30.3 Å². The Morgan fingerprint density at radius 2 is 0.817 bits per heavy atom. The standard InChI is InChI=1S/C30H30N4O2.C18H20N2O4/c31-29(33-19-21-7-3-1-4-8-21)17-23-11-13-27(35)25(15-23)26-16-24(12-14-28(26)36)18-30(32)34-20-22-9-5-2-6-10-22;1-24-18(20)9-12-3-5-17(23)15(8-12)14-7-11(2-4-16(14)22)6-13(19)10-21/h1-16,35-36H,17-20H2,(H2,31,33)(H2,32,34);2-5,7-8,19-23H,6,9-10H2,1H3/p+4. The van der Waals surface area contributed by atoms with Gasteiger partial charge in [0, 0.05) is 22.3 Å². The first kappa shape index (κ1) is 43.7. The average molecular weight is 811 g/mol. The van der Waals surface area contributed by atoms with Crippen molar-refractivity contribution in [2.24, 2.45) is 11.5 Å². The van der Waals surface area contributed by atoms with E-state index in [1.54, 1.807) is 42.5 Å². The first-order valence-corrected chi connectivity index (χ1v) is 19.3. The number of methoxy groups -OCH3 is 1. The van der Waals surface area contributed by atoms with Crippen LogP contribution in [-0.4, -0.2) is 62.5 Å². The fourth-order valence-corrected chi connectivity index (χ4v) is 6.41. The summed E-state index contributed by atoms with van der Waals surface area (Å²) in [5, 5.41) is 61.9. The fraction of sp³-hybridized carbons (Fsp3) is 0.167. The van der Waals surface area contributed by atoms with Crippen LogP contribution < -0.4 is 32.3 Å². The number of aliphatic hydroxyl groups is 1. The summed E-state index contributed by atoms with van der Waals surface area (Å²) >= 11 is 0.